The summed E-state index contributed by atoms with van der Waals surface area (Å²) >= 11 is 0. The van der Waals surface area contributed by atoms with Crippen LogP contribution in [0.25, 0.3) is 0 Å². The summed E-state index contributed by atoms with van der Waals surface area (Å²) in [6.07, 6.45) is 23.9. The predicted molar refractivity (Wildman–Crippen MR) is 166 cm³/mol. The van der Waals surface area contributed by atoms with Gasteiger partial charge in [-0.05, 0) is 52.5 Å². The molecule has 0 aromatic heterocycles. The molecular weight excluding hydrogens is 500 g/mol. The molecule has 5 nitrogen and oxygen atoms in total. The summed E-state index contributed by atoms with van der Waals surface area (Å²) in [5.41, 5.74) is 3.67. The molecule has 0 aliphatic heterocycles. The van der Waals surface area contributed by atoms with Gasteiger partial charge < -0.3 is 14.6 Å². The van der Waals surface area contributed by atoms with Crippen molar-refractivity contribution in [3.05, 3.63) is 46.1 Å². The van der Waals surface area contributed by atoms with Crippen molar-refractivity contribution in [2.24, 2.45) is 0 Å². The minimum atomic E-state index is -0.280. The van der Waals surface area contributed by atoms with Crippen LogP contribution in [-0.4, -0.2) is 24.5 Å². The first-order chi connectivity index (χ1) is 19.3. The van der Waals surface area contributed by atoms with E-state index in [0.29, 0.717) is 36.0 Å². The number of aldehydes is 1. The topological polar surface area (TPSA) is 72.8 Å². The summed E-state index contributed by atoms with van der Waals surface area (Å²) in [7, 11) is 1.54. The molecule has 1 rings (SSSR count). The number of hydrogen-bond donors (Lipinski definition) is 1. The van der Waals surface area contributed by atoms with E-state index in [-0.39, 0.29) is 23.9 Å². The number of rotatable bonds is 23. The first-order valence-electron chi connectivity index (χ1n) is 15.6. The molecule has 0 fully saturated rings. The molecule has 0 saturated heterocycles. The van der Waals surface area contributed by atoms with Gasteiger partial charge in [0.2, 0.25) is 0 Å². The summed E-state index contributed by atoms with van der Waals surface area (Å²) in [6, 6.07) is 1.70. The zero-order valence-electron chi connectivity index (χ0n) is 26.1. The van der Waals surface area contributed by atoms with Crippen molar-refractivity contribution < 1.29 is 24.2 Å². The summed E-state index contributed by atoms with van der Waals surface area (Å²) in [5.74, 6) is 0.0987. The van der Waals surface area contributed by atoms with Gasteiger partial charge in [-0.15, -0.1) is 0 Å². The number of carbonyl (C=O) groups excluding carboxylic acids is 2. The highest BCUT2D eigenvalue weighted by molar-refractivity contribution is 5.83. The Labute approximate surface area is 244 Å². The van der Waals surface area contributed by atoms with E-state index in [4.69, 9.17) is 9.47 Å². The lowest BCUT2D eigenvalue weighted by molar-refractivity contribution is -0.145. The van der Waals surface area contributed by atoms with Crippen LogP contribution in [0.5, 0.6) is 11.5 Å². The maximum atomic E-state index is 12.3. The van der Waals surface area contributed by atoms with Gasteiger partial charge in [-0.2, -0.15) is 0 Å². The zero-order chi connectivity index (χ0) is 29.6. The van der Waals surface area contributed by atoms with Crippen molar-refractivity contribution in [2.75, 3.05) is 7.11 Å². The van der Waals surface area contributed by atoms with Crippen LogP contribution in [0, 0.1) is 0 Å². The van der Waals surface area contributed by atoms with Gasteiger partial charge in [-0.3, -0.25) is 9.59 Å². The van der Waals surface area contributed by atoms with E-state index in [1.54, 1.807) is 6.07 Å². The monoisotopic (exact) mass is 556 g/mol. The van der Waals surface area contributed by atoms with Gasteiger partial charge in [-0.25, -0.2) is 0 Å². The fourth-order valence-corrected chi connectivity index (χ4v) is 4.87. The molecule has 0 amide bonds. The number of methoxy groups -OCH3 is 1. The number of phenolic OH excluding ortho intramolecular Hbond substituents is 1. The second kappa shape index (κ2) is 22.2. The third-order valence-electron chi connectivity index (χ3n) is 7.45. The molecule has 1 aromatic rings. The van der Waals surface area contributed by atoms with Crippen molar-refractivity contribution >= 4 is 12.3 Å². The van der Waals surface area contributed by atoms with Crippen LogP contribution in [-0.2, 0) is 22.6 Å². The predicted octanol–water partition coefficient (Wildman–Crippen LogP) is 9.97. The van der Waals surface area contributed by atoms with E-state index >= 15 is 0 Å². The lowest BCUT2D eigenvalue weighted by Crippen LogP contribution is -2.07. The van der Waals surface area contributed by atoms with Gasteiger partial charge in [0, 0.05) is 17.5 Å². The van der Waals surface area contributed by atoms with E-state index in [9.17, 15) is 14.7 Å². The summed E-state index contributed by atoms with van der Waals surface area (Å²) in [6.45, 7) is 8.43. The molecule has 0 heterocycles. The molecule has 0 spiro atoms. The maximum Gasteiger partial charge on any atom is 0.306 e. The molecule has 0 radical (unpaired) electrons. The Morgan fingerprint density at radius 2 is 1.43 bits per heavy atom. The van der Waals surface area contributed by atoms with Gasteiger partial charge >= 0.3 is 5.97 Å². The fourth-order valence-electron chi connectivity index (χ4n) is 4.87. The Morgan fingerprint density at radius 1 is 0.850 bits per heavy atom. The third-order valence-corrected chi connectivity index (χ3v) is 7.45. The number of carbonyl (C=O) groups is 2. The maximum absolute atomic E-state index is 12.3. The van der Waals surface area contributed by atoms with Crippen molar-refractivity contribution in [1.29, 1.82) is 0 Å². The number of allylic oxidation sites excluding steroid dienone is 4. The number of ether oxygens (including phenoxy) is 2. The van der Waals surface area contributed by atoms with Crippen LogP contribution < -0.4 is 4.74 Å². The number of benzene rings is 1. The van der Waals surface area contributed by atoms with Gasteiger partial charge in [0.15, 0.2) is 6.29 Å². The van der Waals surface area contributed by atoms with Crippen LogP contribution in [0.3, 0.4) is 0 Å². The number of unbranched alkanes of at least 4 members (excludes halogenated alkanes) is 12. The zero-order valence-corrected chi connectivity index (χ0v) is 26.1. The van der Waals surface area contributed by atoms with Crippen LogP contribution in [0.15, 0.2) is 29.4 Å². The molecule has 0 saturated carbocycles. The first kappa shape index (κ1) is 35.5. The van der Waals surface area contributed by atoms with E-state index < -0.39 is 0 Å². The van der Waals surface area contributed by atoms with Crippen molar-refractivity contribution in [3.63, 3.8) is 0 Å². The average molecular weight is 557 g/mol. The Kier molecular flexibility index (Phi) is 19.7. The fraction of sp³-hybridized carbons (Fsp3) is 0.657. The lowest BCUT2D eigenvalue weighted by atomic mass is 9.98. The molecule has 40 heavy (non-hydrogen) atoms. The molecule has 0 atom stereocenters. The van der Waals surface area contributed by atoms with Crippen molar-refractivity contribution in [2.45, 2.75) is 143 Å². The smallest absolute Gasteiger partial charge is 0.306 e. The van der Waals surface area contributed by atoms with E-state index in [1.165, 1.54) is 82.5 Å². The van der Waals surface area contributed by atoms with Gasteiger partial charge in [-0.1, -0.05) is 107 Å². The highest BCUT2D eigenvalue weighted by Crippen LogP contribution is 2.35. The molecule has 0 aliphatic carbocycles. The van der Waals surface area contributed by atoms with E-state index in [1.807, 2.05) is 0 Å². The average Bonchev–Trinajstić information content (AvgIpc) is 2.93. The summed E-state index contributed by atoms with van der Waals surface area (Å²) in [4.78, 5) is 24.1. The summed E-state index contributed by atoms with van der Waals surface area (Å²) < 4.78 is 11.0. The van der Waals surface area contributed by atoms with Gasteiger partial charge in [0.25, 0.3) is 0 Å². The largest absolute Gasteiger partial charge is 0.507 e. The molecule has 1 N–H and O–H groups in total. The Balaban J connectivity index is 2.44. The molecular formula is C35H56O5. The van der Waals surface area contributed by atoms with E-state index in [0.717, 1.165) is 32.1 Å². The van der Waals surface area contributed by atoms with Gasteiger partial charge in [0.1, 0.15) is 18.1 Å². The second-order valence-corrected chi connectivity index (χ2v) is 11.3. The molecule has 0 aliphatic rings. The molecule has 226 valence electrons. The highest BCUT2D eigenvalue weighted by atomic mass is 16.5. The molecule has 1 aromatic carbocycles. The van der Waals surface area contributed by atoms with Crippen LogP contribution in [0.2, 0.25) is 0 Å². The normalized spacial score (nSPS) is 11.4. The lowest BCUT2D eigenvalue weighted by Gasteiger charge is -2.15. The minimum Gasteiger partial charge on any atom is -0.507 e. The SMILES string of the molecule is CCCCCCCCCCCCCCCC(=O)OCc1cc(OC)c(C/C=C(\C)CCC=C(C)C)c(O)c1C=O. The van der Waals surface area contributed by atoms with Crippen molar-refractivity contribution in [1.82, 2.24) is 0 Å². The number of hydrogen-bond acceptors (Lipinski definition) is 5. The number of aromatic hydroxyl groups is 1. The van der Waals surface area contributed by atoms with Crippen LogP contribution in [0.1, 0.15) is 152 Å². The number of esters is 1. The van der Waals surface area contributed by atoms with Crippen molar-refractivity contribution in [3.8, 4) is 11.5 Å². The highest BCUT2D eigenvalue weighted by Gasteiger charge is 2.18. The Bertz CT molecular complexity index is 924. The Hall–Kier alpha value is -2.56. The quantitative estimate of drug-likeness (QED) is 0.0628. The van der Waals surface area contributed by atoms with Gasteiger partial charge in [0.05, 0.1) is 12.7 Å². The molecule has 0 unspecified atom stereocenters. The molecule has 5 heteroatoms. The standard InChI is InChI=1S/C35H56O5/c1-6-7-8-9-10-11-12-13-14-15-16-17-18-22-34(37)40-27-30-25-33(39-5)31(35(38)32(30)26-36)24-23-29(4)21-19-20-28(2)3/h20,23,25-26,38H,6-19,21-22,24,27H2,1-5H3/b29-23+. The Morgan fingerprint density at radius 3 is 1.95 bits per heavy atom. The van der Waals surface area contributed by atoms with E-state index in [2.05, 4.69) is 39.8 Å². The minimum absolute atomic E-state index is 0.0624. The second-order valence-electron chi connectivity index (χ2n) is 11.3. The third kappa shape index (κ3) is 15.3. The molecule has 0 bridgehead atoms. The summed E-state index contributed by atoms with van der Waals surface area (Å²) in [5, 5.41) is 10.9. The number of phenols is 1. The first-order valence-corrected chi connectivity index (χ1v) is 15.6. The van der Waals surface area contributed by atoms with Crippen LogP contribution >= 0.6 is 0 Å². The van der Waals surface area contributed by atoms with Crippen LogP contribution in [0.4, 0.5) is 0 Å².